The molecule has 2 saturated heterocycles. The number of benzene rings is 3. The van der Waals surface area contributed by atoms with E-state index in [1.165, 1.54) is 4.90 Å². The molecule has 37 heavy (non-hydrogen) atoms. The van der Waals surface area contributed by atoms with Crippen LogP contribution in [-0.2, 0) is 32.8 Å². The number of hydrogen-bond acceptors (Lipinski definition) is 4. The van der Waals surface area contributed by atoms with Gasteiger partial charge < -0.3 is 10.3 Å². The van der Waals surface area contributed by atoms with Gasteiger partial charge >= 0.3 is 0 Å². The summed E-state index contributed by atoms with van der Waals surface area (Å²) in [7, 11) is 0. The number of para-hydroxylation sites is 2. The molecule has 0 saturated carbocycles. The standard InChI is InChI=1S/C30H26N4O3/c35-27-25-24(16-19-17-31-22-12-6-4-10-20(19)22)33-30(21-11-5-7-13-23(21)32-29(30)37)26(25)28(36)34(27)15-14-18-8-2-1-3-9-18/h1-13,17,24-26,31,33H,14-16H2,(H,32,37)/t24-,25+,26-,30-/m0/s1. The maximum absolute atomic E-state index is 14.0. The number of H-pyrrole nitrogens is 1. The van der Waals surface area contributed by atoms with Crippen molar-refractivity contribution in [3.8, 4) is 0 Å². The van der Waals surface area contributed by atoms with Crippen molar-refractivity contribution in [3.63, 3.8) is 0 Å². The van der Waals surface area contributed by atoms with E-state index in [9.17, 15) is 14.4 Å². The maximum Gasteiger partial charge on any atom is 0.250 e. The van der Waals surface area contributed by atoms with Crippen LogP contribution in [-0.4, -0.2) is 40.2 Å². The normalized spacial score (nSPS) is 26.2. The minimum atomic E-state index is -1.27. The number of rotatable bonds is 5. The molecule has 4 aromatic rings. The maximum atomic E-state index is 14.0. The van der Waals surface area contributed by atoms with Crippen molar-refractivity contribution in [3.05, 3.63) is 102 Å². The summed E-state index contributed by atoms with van der Waals surface area (Å²) in [5.74, 6) is -2.16. The van der Waals surface area contributed by atoms with Gasteiger partial charge in [0.15, 0.2) is 0 Å². The van der Waals surface area contributed by atoms with E-state index in [0.717, 1.165) is 27.6 Å². The number of amides is 3. The Morgan fingerprint density at radius 3 is 2.46 bits per heavy atom. The fourth-order valence-electron chi connectivity index (χ4n) is 6.64. The lowest BCUT2D eigenvalue weighted by atomic mass is 9.76. The van der Waals surface area contributed by atoms with E-state index < -0.39 is 17.4 Å². The monoisotopic (exact) mass is 490 g/mol. The average Bonchev–Trinajstić information content (AvgIpc) is 3.63. The van der Waals surface area contributed by atoms with Crippen LogP contribution in [0.3, 0.4) is 0 Å². The molecule has 3 aliphatic rings. The van der Waals surface area contributed by atoms with Crippen molar-refractivity contribution in [2.24, 2.45) is 11.8 Å². The number of carbonyl (C=O) groups excluding carboxylic acids is 3. The quantitative estimate of drug-likeness (QED) is 0.374. The van der Waals surface area contributed by atoms with Gasteiger partial charge in [-0.25, -0.2) is 0 Å². The zero-order valence-corrected chi connectivity index (χ0v) is 20.1. The third kappa shape index (κ3) is 3.13. The number of imide groups is 1. The lowest BCUT2D eigenvalue weighted by Crippen LogP contribution is -2.53. The fraction of sp³-hybridized carbons (Fsp3) is 0.233. The van der Waals surface area contributed by atoms with Crippen molar-refractivity contribution in [2.75, 3.05) is 11.9 Å². The molecule has 7 heteroatoms. The van der Waals surface area contributed by atoms with Crippen molar-refractivity contribution in [1.29, 1.82) is 0 Å². The van der Waals surface area contributed by atoms with Crippen LogP contribution < -0.4 is 10.6 Å². The number of nitrogens with zero attached hydrogens (tertiary/aromatic N) is 1. The molecule has 3 aliphatic heterocycles. The van der Waals surface area contributed by atoms with Crippen LogP contribution in [0.1, 0.15) is 16.7 Å². The second-order valence-electron chi connectivity index (χ2n) is 10.2. The average molecular weight is 491 g/mol. The second kappa shape index (κ2) is 8.15. The van der Waals surface area contributed by atoms with Gasteiger partial charge in [0.25, 0.3) is 0 Å². The van der Waals surface area contributed by atoms with Crippen molar-refractivity contribution >= 4 is 34.3 Å². The van der Waals surface area contributed by atoms with Gasteiger partial charge in [-0.3, -0.25) is 24.6 Å². The van der Waals surface area contributed by atoms with Gasteiger partial charge in [-0.05, 0) is 36.1 Å². The molecule has 0 radical (unpaired) electrons. The van der Waals surface area contributed by atoms with Crippen LogP contribution in [0.4, 0.5) is 5.69 Å². The molecule has 3 N–H and O–H groups in total. The number of hydrogen-bond donors (Lipinski definition) is 3. The Balaban J connectivity index is 1.29. The van der Waals surface area contributed by atoms with Crippen molar-refractivity contribution in [1.82, 2.24) is 15.2 Å². The van der Waals surface area contributed by atoms with Crippen molar-refractivity contribution < 1.29 is 14.4 Å². The first kappa shape index (κ1) is 22.0. The number of aromatic nitrogens is 1. The van der Waals surface area contributed by atoms with Crippen LogP contribution in [0, 0.1) is 11.8 Å². The molecule has 7 nitrogen and oxygen atoms in total. The SMILES string of the molecule is O=C1[C@@H]2[C@H](Cc3c[nH]c4ccccc34)N[C@]3(C(=O)Nc4ccccc43)[C@@H]2C(=O)N1CCc1ccccc1. The van der Waals surface area contributed by atoms with Crippen LogP contribution in [0.15, 0.2) is 85.1 Å². The predicted octanol–water partition coefficient (Wildman–Crippen LogP) is 3.37. The Bertz CT molecular complexity index is 1560. The van der Waals surface area contributed by atoms with Gasteiger partial charge in [0, 0.05) is 40.9 Å². The molecular weight excluding hydrogens is 464 g/mol. The van der Waals surface area contributed by atoms with Gasteiger partial charge in [0.2, 0.25) is 17.7 Å². The zero-order valence-electron chi connectivity index (χ0n) is 20.1. The summed E-state index contributed by atoms with van der Waals surface area (Å²) in [6.45, 7) is 0.299. The molecule has 184 valence electrons. The largest absolute Gasteiger partial charge is 0.361 e. The Labute approximate surface area is 213 Å². The minimum absolute atomic E-state index is 0.197. The van der Waals surface area contributed by atoms with Gasteiger partial charge in [0.05, 0.1) is 11.8 Å². The first-order valence-electron chi connectivity index (χ1n) is 12.7. The van der Waals surface area contributed by atoms with E-state index in [4.69, 9.17) is 0 Å². The van der Waals surface area contributed by atoms with Gasteiger partial charge in [-0.15, -0.1) is 0 Å². The molecule has 3 aromatic carbocycles. The summed E-state index contributed by atoms with van der Waals surface area (Å²) in [5.41, 5.74) is 3.29. The van der Waals surface area contributed by atoms with Crippen LogP contribution in [0.5, 0.6) is 0 Å². The molecule has 4 heterocycles. The van der Waals surface area contributed by atoms with Crippen LogP contribution in [0.2, 0.25) is 0 Å². The molecule has 3 amide bonds. The molecule has 0 bridgehead atoms. The van der Waals surface area contributed by atoms with Crippen molar-refractivity contribution in [2.45, 2.75) is 24.4 Å². The summed E-state index contributed by atoms with van der Waals surface area (Å²) in [6.07, 6.45) is 3.06. The molecule has 7 rings (SSSR count). The summed E-state index contributed by atoms with van der Waals surface area (Å²) in [5, 5.41) is 7.59. The molecule has 4 atom stereocenters. The van der Waals surface area contributed by atoms with E-state index in [2.05, 4.69) is 21.7 Å². The van der Waals surface area contributed by atoms with Gasteiger partial charge in [-0.1, -0.05) is 66.7 Å². The highest BCUT2D eigenvalue weighted by atomic mass is 16.2. The Morgan fingerprint density at radius 1 is 0.838 bits per heavy atom. The van der Waals surface area contributed by atoms with Gasteiger partial charge in [-0.2, -0.15) is 0 Å². The highest BCUT2D eigenvalue weighted by Crippen LogP contribution is 2.53. The van der Waals surface area contributed by atoms with Gasteiger partial charge in [0.1, 0.15) is 5.54 Å². The number of aromatic amines is 1. The summed E-state index contributed by atoms with van der Waals surface area (Å²) < 4.78 is 0. The Morgan fingerprint density at radius 2 is 1.59 bits per heavy atom. The lowest BCUT2D eigenvalue weighted by Gasteiger charge is -2.29. The summed E-state index contributed by atoms with van der Waals surface area (Å²) in [4.78, 5) is 46.2. The van der Waals surface area contributed by atoms with E-state index in [1.54, 1.807) is 0 Å². The first-order valence-corrected chi connectivity index (χ1v) is 12.7. The molecule has 1 spiro atoms. The molecule has 0 unspecified atom stereocenters. The highest BCUT2D eigenvalue weighted by molar-refractivity contribution is 6.15. The smallest absolute Gasteiger partial charge is 0.250 e. The highest BCUT2D eigenvalue weighted by Gasteiger charge is 2.70. The number of carbonyl (C=O) groups is 3. The topological polar surface area (TPSA) is 94.3 Å². The zero-order chi connectivity index (χ0) is 25.1. The number of likely N-dealkylation sites (tertiary alicyclic amines) is 1. The minimum Gasteiger partial charge on any atom is -0.361 e. The molecule has 1 aromatic heterocycles. The van der Waals surface area contributed by atoms with Crippen LogP contribution in [0.25, 0.3) is 10.9 Å². The number of anilines is 1. The first-order chi connectivity index (χ1) is 18.1. The number of nitrogens with one attached hydrogen (secondary N) is 3. The second-order valence-corrected chi connectivity index (χ2v) is 10.2. The Kier molecular flexibility index (Phi) is 4.84. The van der Waals surface area contributed by atoms with Crippen LogP contribution >= 0.6 is 0 Å². The van der Waals surface area contributed by atoms with E-state index in [0.29, 0.717) is 25.1 Å². The lowest BCUT2D eigenvalue weighted by molar-refractivity contribution is -0.142. The summed E-state index contributed by atoms with van der Waals surface area (Å²) in [6, 6.07) is 25.0. The third-order valence-corrected chi connectivity index (χ3v) is 8.30. The molecular formula is C30H26N4O3. The predicted molar refractivity (Wildman–Crippen MR) is 140 cm³/mol. The molecule has 0 aliphatic carbocycles. The van der Waals surface area contributed by atoms with E-state index in [1.807, 2.05) is 79.0 Å². The third-order valence-electron chi connectivity index (χ3n) is 8.30. The Hall–Kier alpha value is -4.23. The molecule has 2 fully saturated rings. The van der Waals surface area contributed by atoms with E-state index in [-0.39, 0.29) is 23.8 Å². The summed E-state index contributed by atoms with van der Waals surface area (Å²) >= 11 is 0. The number of fused-ring (bicyclic) bond motifs is 5. The fourth-order valence-corrected chi connectivity index (χ4v) is 6.64. The van der Waals surface area contributed by atoms with E-state index >= 15 is 0 Å².